The zero-order valence-electron chi connectivity index (χ0n) is 11.4. The molecule has 0 amide bonds. The van der Waals surface area contributed by atoms with Crippen LogP contribution in [0.15, 0.2) is 18.2 Å². The summed E-state index contributed by atoms with van der Waals surface area (Å²) >= 11 is 6.20. The SMILES string of the molecule is CNCCC1CCN(c2ccc(C)c(Cl)c2)CC1. The molecule has 0 aliphatic carbocycles. The average Bonchev–Trinajstić information content (AvgIpc) is 2.40. The van der Waals surface area contributed by atoms with Gasteiger partial charge in [-0.15, -0.1) is 0 Å². The maximum Gasteiger partial charge on any atom is 0.0455 e. The van der Waals surface area contributed by atoms with Crippen molar-refractivity contribution in [2.45, 2.75) is 26.2 Å². The third-order valence-electron chi connectivity index (χ3n) is 3.94. The normalized spacial score (nSPS) is 17.2. The molecule has 1 aliphatic heterocycles. The highest BCUT2D eigenvalue weighted by Crippen LogP contribution is 2.28. The number of nitrogens with one attached hydrogen (secondary N) is 1. The van der Waals surface area contributed by atoms with Gasteiger partial charge in [0.2, 0.25) is 0 Å². The number of rotatable bonds is 4. The Kier molecular flexibility index (Phi) is 4.90. The molecule has 1 heterocycles. The van der Waals surface area contributed by atoms with Gasteiger partial charge in [0.1, 0.15) is 0 Å². The predicted molar refractivity (Wildman–Crippen MR) is 79.7 cm³/mol. The number of benzene rings is 1. The summed E-state index contributed by atoms with van der Waals surface area (Å²) in [5, 5.41) is 4.12. The zero-order chi connectivity index (χ0) is 13.0. The van der Waals surface area contributed by atoms with Crippen molar-refractivity contribution in [3.63, 3.8) is 0 Å². The van der Waals surface area contributed by atoms with Gasteiger partial charge in [-0.05, 0) is 63.4 Å². The lowest BCUT2D eigenvalue weighted by molar-refractivity contribution is 0.378. The Morgan fingerprint density at radius 1 is 1.33 bits per heavy atom. The molecule has 0 saturated carbocycles. The van der Waals surface area contributed by atoms with Gasteiger partial charge < -0.3 is 10.2 Å². The molecule has 0 radical (unpaired) electrons. The fraction of sp³-hybridized carbons (Fsp3) is 0.600. The third-order valence-corrected chi connectivity index (χ3v) is 4.34. The van der Waals surface area contributed by atoms with Crippen LogP contribution in [-0.2, 0) is 0 Å². The average molecular weight is 267 g/mol. The lowest BCUT2D eigenvalue weighted by atomic mass is 9.93. The second-order valence-electron chi connectivity index (χ2n) is 5.26. The first-order valence-corrected chi connectivity index (χ1v) is 7.24. The minimum atomic E-state index is 0.879. The third kappa shape index (κ3) is 3.39. The molecular weight excluding hydrogens is 244 g/mol. The molecule has 0 aromatic heterocycles. The molecule has 18 heavy (non-hydrogen) atoms. The Hall–Kier alpha value is -0.730. The van der Waals surface area contributed by atoms with Crippen LogP contribution in [0.25, 0.3) is 0 Å². The van der Waals surface area contributed by atoms with Crippen LogP contribution in [0.5, 0.6) is 0 Å². The van der Waals surface area contributed by atoms with Crippen LogP contribution in [-0.4, -0.2) is 26.7 Å². The second-order valence-corrected chi connectivity index (χ2v) is 5.66. The molecule has 0 spiro atoms. The van der Waals surface area contributed by atoms with E-state index in [4.69, 9.17) is 11.6 Å². The Labute approximate surface area is 115 Å². The molecule has 1 saturated heterocycles. The summed E-state index contributed by atoms with van der Waals surface area (Å²) in [5.74, 6) is 0.884. The maximum absolute atomic E-state index is 6.20. The van der Waals surface area contributed by atoms with Crippen molar-refractivity contribution in [2.24, 2.45) is 5.92 Å². The van der Waals surface area contributed by atoms with E-state index in [-0.39, 0.29) is 0 Å². The number of anilines is 1. The lowest BCUT2D eigenvalue weighted by Gasteiger charge is -2.33. The molecule has 2 rings (SSSR count). The van der Waals surface area contributed by atoms with Gasteiger partial charge in [-0.1, -0.05) is 17.7 Å². The number of aryl methyl sites for hydroxylation is 1. The molecule has 1 fully saturated rings. The van der Waals surface area contributed by atoms with E-state index in [2.05, 4.69) is 35.3 Å². The van der Waals surface area contributed by atoms with Crippen molar-refractivity contribution in [1.82, 2.24) is 5.32 Å². The van der Waals surface area contributed by atoms with Crippen molar-refractivity contribution in [3.05, 3.63) is 28.8 Å². The molecule has 0 atom stereocenters. The summed E-state index contributed by atoms with van der Waals surface area (Å²) in [5.41, 5.74) is 2.43. The minimum Gasteiger partial charge on any atom is -0.371 e. The molecule has 1 aliphatic rings. The summed E-state index contributed by atoms with van der Waals surface area (Å²) < 4.78 is 0. The van der Waals surface area contributed by atoms with Crippen LogP contribution >= 0.6 is 11.6 Å². The van der Waals surface area contributed by atoms with Gasteiger partial charge in [0.15, 0.2) is 0 Å². The van der Waals surface area contributed by atoms with Crippen LogP contribution < -0.4 is 10.2 Å². The topological polar surface area (TPSA) is 15.3 Å². The molecule has 1 aromatic rings. The van der Waals surface area contributed by atoms with E-state index in [0.717, 1.165) is 36.1 Å². The predicted octanol–water partition coefficient (Wildman–Crippen LogP) is 3.47. The van der Waals surface area contributed by atoms with Crippen molar-refractivity contribution in [2.75, 3.05) is 31.6 Å². The van der Waals surface area contributed by atoms with E-state index >= 15 is 0 Å². The first kappa shape index (κ1) is 13.7. The molecule has 3 heteroatoms. The highest BCUT2D eigenvalue weighted by atomic mass is 35.5. The van der Waals surface area contributed by atoms with Crippen molar-refractivity contribution >= 4 is 17.3 Å². The fourth-order valence-corrected chi connectivity index (χ4v) is 2.78. The van der Waals surface area contributed by atoms with Gasteiger partial charge in [0.05, 0.1) is 0 Å². The van der Waals surface area contributed by atoms with Gasteiger partial charge in [-0.25, -0.2) is 0 Å². The first-order valence-electron chi connectivity index (χ1n) is 6.86. The minimum absolute atomic E-state index is 0.879. The molecule has 2 nitrogen and oxygen atoms in total. The monoisotopic (exact) mass is 266 g/mol. The largest absolute Gasteiger partial charge is 0.371 e. The van der Waals surface area contributed by atoms with Crippen molar-refractivity contribution in [1.29, 1.82) is 0 Å². The van der Waals surface area contributed by atoms with Crippen LogP contribution in [0, 0.1) is 12.8 Å². The number of hydrogen-bond donors (Lipinski definition) is 1. The zero-order valence-corrected chi connectivity index (χ0v) is 12.1. The van der Waals surface area contributed by atoms with E-state index in [1.165, 1.54) is 24.9 Å². The van der Waals surface area contributed by atoms with E-state index in [1.54, 1.807) is 0 Å². The van der Waals surface area contributed by atoms with Crippen molar-refractivity contribution < 1.29 is 0 Å². The number of nitrogens with zero attached hydrogens (tertiary/aromatic N) is 1. The highest BCUT2D eigenvalue weighted by Gasteiger charge is 2.19. The van der Waals surface area contributed by atoms with Crippen molar-refractivity contribution in [3.8, 4) is 0 Å². The molecule has 0 unspecified atom stereocenters. The standard InChI is InChI=1S/C15H23ClN2/c1-12-3-4-14(11-15(12)16)18-9-6-13(7-10-18)5-8-17-2/h3-4,11,13,17H,5-10H2,1-2H3. The van der Waals surface area contributed by atoms with E-state index in [1.807, 2.05) is 7.05 Å². The van der Waals surface area contributed by atoms with Crippen LogP contribution in [0.2, 0.25) is 5.02 Å². The summed E-state index contributed by atoms with van der Waals surface area (Å²) in [6.07, 6.45) is 3.90. The maximum atomic E-state index is 6.20. The number of halogens is 1. The van der Waals surface area contributed by atoms with Crippen LogP contribution in [0.4, 0.5) is 5.69 Å². The van der Waals surface area contributed by atoms with E-state index < -0.39 is 0 Å². The molecule has 1 aromatic carbocycles. The Bertz CT molecular complexity index is 384. The molecule has 0 bridgehead atoms. The quantitative estimate of drug-likeness (QED) is 0.898. The fourth-order valence-electron chi connectivity index (χ4n) is 2.61. The number of piperidine rings is 1. The van der Waals surface area contributed by atoms with Gasteiger partial charge in [-0.2, -0.15) is 0 Å². The summed E-state index contributed by atoms with van der Waals surface area (Å²) in [6.45, 7) is 5.51. The molecule has 1 N–H and O–H groups in total. The van der Waals surface area contributed by atoms with E-state index in [9.17, 15) is 0 Å². The Morgan fingerprint density at radius 2 is 2.06 bits per heavy atom. The molecule has 100 valence electrons. The summed E-state index contributed by atoms with van der Waals surface area (Å²) in [4.78, 5) is 2.46. The Morgan fingerprint density at radius 3 is 2.67 bits per heavy atom. The van der Waals surface area contributed by atoms with Gasteiger partial charge >= 0.3 is 0 Å². The van der Waals surface area contributed by atoms with Crippen LogP contribution in [0.1, 0.15) is 24.8 Å². The first-order chi connectivity index (χ1) is 8.70. The van der Waals surface area contributed by atoms with Gasteiger partial charge in [-0.3, -0.25) is 0 Å². The number of hydrogen-bond acceptors (Lipinski definition) is 2. The van der Waals surface area contributed by atoms with Gasteiger partial charge in [0, 0.05) is 23.8 Å². The summed E-state index contributed by atoms with van der Waals surface area (Å²) in [7, 11) is 2.03. The Balaban J connectivity index is 1.90. The van der Waals surface area contributed by atoms with Gasteiger partial charge in [0.25, 0.3) is 0 Å². The summed E-state index contributed by atoms with van der Waals surface area (Å²) in [6, 6.07) is 6.41. The lowest BCUT2D eigenvalue weighted by Crippen LogP contribution is -2.34. The van der Waals surface area contributed by atoms with Crippen LogP contribution in [0.3, 0.4) is 0 Å². The smallest absolute Gasteiger partial charge is 0.0455 e. The second kappa shape index (κ2) is 6.44. The van der Waals surface area contributed by atoms with E-state index in [0.29, 0.717) is 0 Å². The molecular formula is C15H23ClN2. The highest BCUT2D eigenvalue weighted by molar-refractivity contribution is 6.31.